The van der Waals surface area contributed by atoms with Gasteiger partial charge >= 0.3 is 0 Å². The van der Waals surface area contributed by atoms with Crippen molar-refractivity contribution in [2.24, 2.45) is 4.99 Å². The molecule has 1 aliphatic carbocycles. The number of hydrogen-bond acceptors (Lipinski definition) is 2. The Morgan fingerprint density at radius 1 is 0.963 bits per heavy atom. The number of thiazole rings is 1. The highest BCUT2D eigenvalue weighted by atomic mass is 32.1. The summed E-state index contributed by atoms with van der Waals surface area (Å²) in [5.41, 5.74) is 7.30. The molecular weight excluding hydrogens is 355 g/mol. The molecular formula is C23H25FN2S. The van der Waals surface area contributed by atoms with Gasteiger partial charge in [0.2, 0.25) is 0 Å². The van der Waals surface area contributed by atoms with Gasteiger partial charge in [-0.1, -0.05) is 18.9 Å². The molecule has 0 saturated heterocycles. The number of aromatic nitrogens is 1. The fourth-order valence-electron chi connectivity index (χ4n) is 3.98. The van der Waals surface area contributed by atoms with Crippen LogP contribution in [0, 0.1) is 26.6 Å². The maximum Gasteiger partial charge on any atom is 0.190 e. The summed E-state index contributed by atoms with van der Waals surface area (Å²) >= 11 is 1.68. The Morgan fingerprint density at radius 2 is 1.63 bits per heavy atom. The molecule has 0 bridgehead atoms. The smallest absolute Gasteiger partial charge is 0.190 e. The Balaban J connectivity index is 1.89. The van der Waals surface area contributed by atoms with E-state index in [1.54, 1.807) is 23.5 Å². The van der Waals surface area contributed by atoms with Crippen LogP contribution in [0.3, 0.4) is 0 Å². The van der Waals surface area contributed by atoms with Crippen molar-refractivity contribution >= 4 is 17.0 Å². The van der Waals surface area contributed by atoms with Crippen molar-refractivity contribution in [3.8, 4) is 11.3 Å². The van der Waals surface area contributed by atoms with E-state index in [0.29, 0.717) is 6.04 Å². The molecule has 1 heterocycles. The Bertz CT molecular complexity index is 1020. The molecule has 1 aromatic heterocycles. The van der Waals surface area contributed by atoms with E-state index in [-0.39, 0.29) is 5.82 Å². The van der Waals surface area contributed by atoms with Crippen LogP contribution in [-0.4, -0.2) is 4.57 Å². The van der Waals surface area contributed by atoms with Gasteiger partial charge in [-0.15, -0.1) is 11.3 Å². The van der Waals surface area contributed by atoms with E-state index in [1.807, 2.05) is 0 Å². The molecule has 0 atom stereocenters. The van der Waals surface area contributed by atoms with E-state index < -0.39 is 0 Å². The molecule has 0 radical (unpaired) electrons. The minimum Gasteiger partial charge on any atom is -0.313 e. The summed E-state index contributed by atoms with van der Waals surface area (Å²) in [5.74, 6) is -0.227. The molecule has 1 fully saturated rings. The predicted molar refractivity (Wildman–Crippen MR) is 111 cm³/mol. The third kappa shape index (κ3) is 3.63. The number of nitrogens with zero attached hydrogens (tertiary/aromatic N) is 2. The average molecular weight is 381 g/mol. The second-order valence-electron chi connectivity index (χ2n) is 7.55. The number of aryl methyl sites for hydroxylation is 3. The molecule has 140 valence electrons. The number of halogens is 1. The Morgan fingerprint density at radius 3 is 2.33 bits per heavy atom. The standard InChI is InChI=1S/C23H25FN2S/c1-15-12-17(3)21(13-16(15)2)22-14-27-23(26(22)20-6-4-5-7-20)25-19-10-8-18(24)9-11-19/h8-14,20H,4-7H2,1-3H3. The van der Waals surface area contributed by atoms with Gasteiger partial charge in [-0.25, -0.2) is 9.38 Å². The van der Waals surface area contributed by atoms with Crippen LogP contribution in [-0.2, 0) is 0 Å². The maximum absolute atomic E-state index is 13.2. The topological polar surface area (TPSA) is 17.3 Å². The van der Waals surface area contributed by atoms with Crippen molar-refractivity contribution in [3.05, 3.63) is 69.1 Å². The van der Waals surface area contributed by atoms with Gasteiger partial charge in [0.25, 0.3) is 0 Å². The van der Waals surface area contributed by atoms with Gasteiger partial charge in [0.15, 0.2) is 4.80 Å². The van der Waals surface area contributed by atoms with Crippen LogP contribution >= 0.6 is 11.3 Å². The number of hydrogen-bond donors (Lipinski definition) is 0. The van der Waals surface area contributed by atoms with Gasteiger partial charge in [0, 0.05) is 17.0 Å². The van der Waals surface area contributed by atoms with Crippen LogP contribution in [0.4, 0.5) is 10.1 Å². The van der Waals surface area contributed by atoms with Crippen LogP contribution in [0.25, 0.3) is 11.3 Å². The van der Waals surface area contributed by atoms with E-state index in [0.717, 1.165) is 10.5 Å². The fourth-order valence-corrected chi connectivity index (χ4v) is 4.95. The highest BCUT2D eigenvalue weighted by Gasteiger charge is 2.22. The largest absolute Gasteiger partial charge is 0.313 e. The quantitative estimate of drug-likeness (QED) is 0.485. The average Bonchev–Trinajstić information content (AvgIpc) is 3.29. The lowest BCUT2D eigenvalue weighted by atomic mass is 9.99. The molecule has 1 saturated carbocycles. The molecule has 4 rings (SSSR count). The Hall–Kier alpha value is -2.20. The zero-order valence-electron chi connectivity index (χ0n) is 16.1. The first-order valence-electron chi connectivity index (χ1n) is 9.61. The molecule has 0 aliphatic heterocycles. The number of rotatable bonds is 3. The van der Waals surface area contributed by atoms with Gasteiger partial charge in [0.05, 0.1) is 11.4 Å². The van der Waals surface area contributed by atoms with Gasteiger partial charge in [0.1, 0.15) is 5.82 Å². The van der Waals surface area contributed by atoms with Gasteiger partial charge in [-0.2, -0.15) is 0 Å². The predicted octanol–water partition coefficient (Wildman–Crippen LogP) is 6.63. The molecule has 2 aromatic carbocycles. The SMILES string of the molecule is Cc1cc(C)c(-c2csc(=Nc3ccc(F)cc3)n2C2CCCC2)cc1C. The monoisotopic (exact) mass is 380 g/mol. The van der Waals surface area contributed by atoms with Crippen molar-refractivity contribution in [2.45, 2.75) is 52.5 Å². The van der Waals surface area contributed by atoms with Gasteiger partial charge < -0.3 is 4.57 Å². The minimum atomic E-state index is -0.227. The summed E-state index contributed by atoms with van der Waals surface area (Å²) in [6.45, 7) is 6.53. The van der Waals surface area contributed by atoms with Crippen molar-refractivity contribution in [1.82, 2.24) is 4.57 Å². The minimum absolute atomic E-state index is 0.227. The lowest BCUT2D eigenvalue weighted by Gasteiger charge is -2.18. The molecule has 0 N–H and O–H groups in total. The van der Waals surface area contributed by atoms with Crippen molar-refractivity contribution in [3.63, 3.8) is 0 Å². The van der Waals surface area contributed by atoms with Crippen molar-refractivity contribution in [1.29, 1.82) is 0 Å². The summed E-state index contributed by atoms with van der Waals surface area (Å²) in [4.78, 5) is 5.86. The van der Waals surface area contributed by atoms with Crippen LogP contribution < -0.4 is 4.80 Å². The van der Waals surface area contributed by atoms with Gasteiger partial charge in [-0.3, -0.25) is 0 Å². The zero-order valence-corrected chi connectivity index (χ0v) is 16.9. The van der Waals surface area contributed by atoms with E-state index in [1.165, 1.54) is 65.8 Å². The van der Waals surface area contributed by atoms with Crippen molar-refractivity contribution < 1.29 is 4.39 Å². The molecule has 1 aliphatic rings. The summed E-state index contributed by atoms with van der Waals surface area (Å²) in [6, 6.07) is 11.5. The lowest BCUT2D eigenvalue weighted by molar-refractivity contribution is 0.512. The first-order valence-corrected chi connectivity index (χ1v) is 10.5. The first kappa shape index (κ1) is 18.2. The highest BCUT2D eigenvalue weighted by Crippen LogP contribution is 2.35. The molecule has 0 spiro atoms. The van der Waals surface area contributed by atoms with Crippen LogP contribution in [0.15, 0.2) is 46.8 Å². The second-order valence-corrected chi connectivity index (χ2v) is 8.39. The third-order valence-electron chi connectivity index (χ3n) is 5.60. The van der Waals surface area contributed by atoms with E-state index >= 15 is 0 Å². The fraction of sp³-hybridized carbons (Fsp3) is 0.348. The third-order valence-corrected chi connectivity index (χ3v) is 6.44. The summed E-state index contributed by atoms with van der Waals surface area (Å²) in [5, 5.41) is 2.23. The lowest BCUT2D eigenvalue weighted by Crippen LogP contribution is -2.20. The maximum atomic E-state index is 13.2. The molecule has 3 aromatic rings. The summed E-state index contributed by atoms with van der Waals surface area (Å²) < 4.78 is 15.7. The first-order chi connectivity index (χ1) is 13.0. The molecule has 0 unspecified atom stereocenters. The van der Waals surface area contributed by atoms with Crippen LogP contribution in [0.5, 0.6) is 0 Å². The molecule has 27 heavy (non-hydrogen) atoms. The zero-order chi connectivity index (χ0) is 19.0. The number of benzene rings is 2. The molecule has 4 heteroatoms. The van der Waals surface area contributed by atoms with E-state index in [2.05, 4.69) is 42.9 Å². The van der Waals surface area contributed by atoms with Gasteiger partial charge in [-0.05, 0) is 80.6 Å². The Kier molecular flexibility index (Phi) is 5.00. The normalized spacial score (nSPS) is 15.6. The summed E-state index contributed by atoms with van der Waals surface area (Å²) in [7, 11) is 0. The molecule has 2 nitrogen and oxygen atoms in total. The Labute approximate surface area is 164 Å². The molecule has 0 amide bonds. The van der Waals surface area contributed by atoms with E-state index in [9.17, 15) is 4.39 Å². The second kappa shape index (κ2) is 7.43. The van der Waals surface area contributed by atoms with Crippen LogP contribution in [0.1, 0.15) is 48.4 Å². The van der Waals surface area contributed by atoms with Crippen LogP contribution in [0.2, 0.25) is 0 Å². The van der Waals surface area contributed by atoms with E-state index in [4.69, 9.17) is 4.99 Å². The highest BCUT2D eigenvalue weighted by molar-refractivity contribution is 7.07. The van der Waals surface area contributed by atoms with Crippen molar-refractivity contribution in [2.75, 3.05) is 0 Å². The summed E-state index contributed by atoms with van der Waals surface area (Å²) in [6.07, 6.45) is 4.94.